The maximum absolute atomic E-state index is 12.1. The normalized spacial score (nSPS) is 15.6. The lowest BCUT2D eigenvalue weighted by Gasteiger charge is -2.29. The Kier molecular flexibility index (Phi) is 6.38. The van der Waals surface area contributed by atoms with Crippen molar-refractivity contribution in [2.75, 3.05) is 44.5 Å². The van der Waals surface area contributed by atoms with E-state index in [4.69, 9.17) is 9.26 Å². The lowest BCUT2D eigenvalue weighted by Crippen LogP contribution is -2.37. The van der Waals surface area contributed by atoms with Crippen LogP contribution in [0.2, 0.25) is 0 Å². The summed E-state index contributed by atoms with van der Waals surface area (Å²) in [5.41, 5.74) is 2.76. The fourth-order valence-corrected chi connectivity index (χ4v) is 4.71. The first-order valence-corrected chi connectivity index (χ1v) is 11.7. The molecule has 0 aliphatic carbocycles. The van der Waals surface area contributed by atoms with E-state index >= 15 is 0 Å². The molecule has 4 aromatic rings. The molecule has 1 unspecified atom stereocenters. The van der Waals surface area contributed by atoms with Crippen LogP contribution in [-0.4, -0.2) is 65.3 Å². The number of hydrogen-bond donors (Lipinski definition) is 1. The summed E-state index contributed by atoms with van der Waals surface area (Å²) in [5, 5.41) is 20.2. The van der Waals surface area contributed by atoms with Gasteiger partial charge < -0.3 is 24.4 Å². The molecule has 11 nitrogen and oxygen atoms in total. The molecule has 1 aliphatic rings. The van der Waals surface area contributed by atoms with Gasteiger partial charge in [0.2, 0.25) is 5.95 Å². The number of nitrogens with zero attached hydrogens (tertiary/aromatic N) is 6. The van der Waals surface area contributed by atoms with E-state index in [0.717, 1.165) is 31.3 Å². The number of ether oxygens (including phenoxy) is 1. The molecule has 1 atom stereocenters. The maximum Gasteiger partial charge on any atom is 0.294 e. The number of benzene rings is 2. The average molecular weight is 490 g/mol. The van der Waals surface area contributed by atoms with E-state index in [1.165, 1.54) is 13.2 Å². The smallest absolute Gasteiger partial charge is 0.294 e. The largest absolute Gasteiger partial charge is 0.494 e. The summed E-state index contributed by atoms with van der Waals surface area (Å²) < 4.78 is 11.0. The first kappa shape index (κ1) is 23.5. The number of likely N-dealkylation sites (N-methyl/N-ethyl adjacent to an activating group) is 1. The number of fused-ring (bicyclic) bond motifs is 1. The van der Waals surface area contributed by atoms with Crippen LogP contribution in [-0.2, 0) is 0 Å². The van der Waals surface area contributed by atoms with Gasteiger partial charge in [0.1, 0.15) is 17.1 Å². The van der Waals surface area contributed by atoms with Crippen molar-refractivity contribution >= 4 is 34.0 Å². The predicted octanol–water partition coefficient (Wildman–Crippen LogP) is 4.48. The Bertz CT molecular complexity index is 1400. The maximum atomic E-state index is 12.1. The van der Waals surface area contributed by atoms with Crippen LogP contribution >= 0.6 is 0 Å². The van der Waals surface area contributed by atoms with E-state index in [2.05, 4.69) is 30.2 Å². The topological polar surface area (TPSA) is 123 Å². The van der Waals surface area contributed by atoms with E-state index in [-0.39, 0.29) is 22.6 Å². The van der Waals surface area contributed by atoms with Crippen LogP contribution in [0.1, 0.15) is 12.8 Å². The van der Waals surface area contributed by atoms with E-state index in [1.807, 2.05) is 38.4 Å². The van der Waals surface area contributed by atoms with Gasteiger partial charge in [-0.2, -0.15) is 0 Å². The summed E-state index contributed by atoms with van der Waals surface area (Å²) in [6.45, 7) is 1.57. The third kappa shape index (κ3) is 4.52. The lowest BCUT2D eigenvalue weighted by molar-refractivity contribution is -0.384. The van der Waals surface area contributed by atoms with Crippen molar-refractivity contribution in [3.8, 4) is 17.1 Å². The first-order chi connectivity index (χ1) is 17.4. The van der Waals surface area contributed by atoms with Crippen molar-refractivity contribution in [1.82, 2.24) is 20.0 Å². The Morgan fingerprint density at radius 2 is 2.11 bits per heavy atom. The molecule has 5 rings (SSSR count). The van der Waals surface area contributed by atoms with Gasteiger partial charge in [-0.3, -0.25) is 10.1 Å². The molecule has 1 saturated heterocycles. The molecule has 1 aliphatic heterocycles. The van der Waals surface area contributed by atoms with Crippen LogP contribution in [0.15, 0.2) is 53.2 Å². The number of rotatable bonds is 8. The quantitative estimate of drug-likeness (QED) is 0.280. The number of nitrogens with one attached hydrogen (secondary N) is 1. The van der Waals surface area contributed by atoms with Crippen molar-refractivity contribution in [3.05, 3.63) is 58.8 Å². The van der Waals surface area contributed by atoms with Crippen LogP contribution in [0, 0.1) is 10.1 Å². The number of anilines is 3. The number of methoxy groups -OCH3 is 1. The van der Waals surface area contributed by atoms with Crippen LogP contribution < -0.4 is 15.0 Å². The Labute approximate surface area is 207 Å². The highest BCUT2D eigenvalue weighted by Crippen LogP contribution is 2.41. The standard InChI is InChI=1S/C25H27N7O4/c1-30(2)15-16-7-6-12-31(16)20-14-23(35-3)19(13-21(20)32(33)34)28-25-26-11-10-18(27-25)24-17-8-4-5-9-22(17)36-29-24/h4-5,8-11,13-14,16H,6-7,12,15H2,1-3H3,(H,26,27,28). The zero-order chi connectivity index (χ0) is 25.2. The summed E-state index contributed by atoms with van der Waals surface area (Å²) in [7, 11) is 5.55. The fourth-order valence-electron chi connectivity index (χ4n) is 4.71. The molecule has 0 amide bonds. The van der Waals surface area contributed by atoms with Gasteiger partial charge in [-0.25, -0.2) is 9.97 Å². The van der Waals surface area contributed by atoms with E-state index < -0.39 is 0 Å². The minimum absolute atomic E-state index is 0.00241. The van der Waals surface area contributed by atoms with Gasteiger partial charge in [-0.1, -0.05) is 17.3 Å². The zero-order valence-corrected chi connectivity index (χ0v) is 20.3. The lowest BCUT2D eigenvalue weighted by atomic mass is 10.1. The zero-order valence-electron chi connectivity index (χ0n) is 20.3. The second-order valence-electron chi connectivity index (χ2n) is 8.97. The van der Waals surface area contributed by atoms with Gasteiger partial charge in [0.25, 0.3) is 5.69 Å². The van der Waals surface area contributed by atoms with Gasteiger partial charge in [-0.15, -0.1) is 0 Å². The van der Waals surface area contributed by atoms with Gasteiger partial charge in [0.15, 0.2) is 5.58 Å². The highest BCUT2D eigenvalue weighted by Gasteiger charge is 2.31. The van der Waals surface area contributed by atoms with E-state index in [0.29, 0.717) is 34.1 Å². The molecule has 186 valence electrons. The van der Waals surface area contributed by atoms with Crippen LogP contribution in [0.4, 0.5) is 23.0 Å². The average Bonchev–Trinajstić information content (AvgIpc) is 3.50. The van der Waals surface area contributed by atoms with Crippen LogP contribution in [0.25, 0.3) is 22.4 Å². The second-order valence-corrected chi connectivity index (χ2v) is 8.97. The van der Waals surface area contributed by atoms with E-state index in [1.54, 1.807) is 18.3 Å². The molecule has 2 aromatic heterocycles. The fraction of sp³-hybridized carbons (Fsp3) is 0.320. The molecule has 1 N–H and O–H groups in total. The number of para-hydroxylation sites is 1. The third-order valence-corrected chi connectivity index (χ3v) is 6.28. The Hall–Kier alpha value is -4.25. The van der Waals surface area contributed by atoms with Crippen molar-refractivity contribution in [2.45, 2.75) is 18.9 Å². The molecular formula is C25H27N7O4. The minimum atomic E-state index is -0.357. The molecule has 3 heterocycles. The van der Waals surface area contributed by atoms with E-state index in [9.17, 15) is 10.1 Å². The minimum Gasteiger partial charge on any atom is -0.494 e. The van der Waals surface area contributed by atoms with Crippen molar-refractivity contribution in [2.24, 2.45) is 0 Å². The van der Waals surface area contributed by atoms with Crippen LogP contribution in [0.5, 0.6) is 5.75 Å². The molecule has 0 bridgehead atoms. The molecule has 0 saturated carbocycles. The second kappa shape index (κ2) is 9.78. The molecule has 36 heavy (non-hydrogen) atoms. The van der Waals surface area contributed by atoms with Crippen molar-refractivity contribution < 1.29 is 14.2 Å². The van der Waals surface area contributed by atoms with Gasteiger partial charge >= 0.3 is 0 Å². The Morgan fingerprint density at radius 1 is 1.28 bits per heavy atom. The molecule has 0 spiro atoms. The summed E-state index contributed by atoms with van der Waals surface area (Å²) in [4.78, 5) is 24.8. The Morgan fingerprint density at radius 3 is 2.89 bits per heavy atom. The molecular weight excluding hydrogens is 462 g/mol. The van der Waals surface area contributed by atoms with Gasteiger partial charge in [0, 0.05) is 37.5 Å². The van der Waals surface area contributed by atoms with Crippen molar-refractivity contribution in [3.63, 3.8) is 0 Å². The summed E-state index contributed by atoms with van der Waals surface area (Å²) in [5.74, 6) is 0.721. The number of aromatic nitrogens is 3. The van der Waals surface area contributed by atoms with Gasteiger partial charge in [0.05, 0.1) is 28.8 Å². The molecule has 2 aromatic carbocycles. The van der Waals surface area contributed by atoms with Crippen molar-refractivity contribution in [1.29, 1.82) is 0 Å². The summed E-state index contributed by atoms with van der Waals surface area (Å²) in [6.07, 6.45) is 3.56. The predicted molar refractivity (Wildman–Crippen MR) is 137 cm³/mol. The van der Waals surface area contributed by atoms with Crippen LogP contribution in [0.3, 0.4) is 0 Å². The molecule has 0 radical (unpaired) electrons. The Balaban J connectivity index is 1.50. The number of hydrogen-bond acceptors (Lipinski definition) is 10. The summed E-state index contributed by atoms with van der Waals surface area (Å²) in [6, 6.07) is 12.7. The summed E-state index contributed by atoms with van der Waals surface area (Å²) >= 11 is 0. The number of nitro benzene ring substituents is 1. The highest BCUT2D eigenvalue weighted by atomic mass is 16.6. The third-order valence-electron chi connectivity index (χ3n) is 6.28. The highest BCUT2D eigenvalue weighted by molar-refractivity contribution is 5.90. The first-order valence-electron chi connectivity index (χ1n) is 11.7. The molecule has 11 heteroatoms. The SMILES string of the molecule is COc1cc(N2CCCC2CN(C)C)c([N+](=O)[O-])cc1Nc1nccc(-c2noc3ccccc23)n1. The van der Waals surface area contributed by atoms with Gasteiger partial charge in [-0.05, 0) is 45.1 Å². The monoisotopic (exact) mass is 489 g/mol. The number of nitro groups is 1. The molecule has 1 fully saturated rings.